The maximum Gasteiger partial charge on any atom is 0.340 e. The van der Waals surface area contributed by atoms with E-state index in [9.17, 15) is 25.2 Å². The van der Waals surface area contributed by atoms with Gasteiger partial charge >= 0.3 is 17.6 Å². The van der Waals surface area contributed by atoms with Gasteiger partial charge in [0.2, 0.25) is 0 Å². The van der Waals surface area contributed by atoms with Crippen molar-refractivity contribution in [3.05, 3.63) is 157 Å². The number of carbonyl (C=O) groups is 2. The maximum atomic E-state index is 15.4. The first-order valence-corrected chi connectivity index (χ1v) is 28.2. The molecule has 3 saturated carbocycles. The third-order valence-electron chi connectivity index (χ3n) is 18.5. The second kappa shape index (κ2) is 23.5. The highest BCUT2D eigenvalue weighted by Crippen LogP contribution is 2.54. The van der Waals surface area contributed by atoms with Gasteiger partial charge in [-0.15, -0.1) is 0 Å². The normalized spacial score (nSPS) is 26.3. The summed E-state index contributed by atoms with van der Waals surface area (Å²) >= 11 is 0. The highest BCUT2D eigenvalue weighted by molar-refractivity contribution is 5.90. The van der Waals surface area contributed by atoms with Crippen LogP contribution in [0.25, 0.3) is 11.0 Å². The van der Waals surface area contributed by atoms with Crippen LogP contribution in [0.15, 0.2) is 111 Å². The first kappa shape index (κ1) is 53.8. The summed E-state index contributed by atoms with van der Waals surface area (Å²) in [6.07, 6.45) is 11.2. The molecule has 12 nitrogen and oxygen atoms in total. The summed E-state index contributed by atoms with van der Waals surface area (Å²) in [4.78, 5) is 44.9. The van der Waals surface area contributed by atoms with E-state index in [1.54, 1.807) is 19.1 Å². The second-order valence-electron chi connectivity index (χ2n) is 22.7. The van der Waals surface area contributed by atoms with Gasteiger partial charge in [0.15, 0.2) is 12.2 Å². The fraction of sp³-hybridized carbons (Fsp3) is 0.516. The number of aliphatic hydroxyl groups is 4. The molecule has 76 heavy (non-hydrogen) atoms. The minimum Gasteiger partial charge on any atom is -0.483 e. The van der Waals surface area contributed by atoms with Crippen molar-refractivity contribution < 1.29 is 53.4 Å². The molecule has 12 heteroatoms. The summed E-state index contributed by atoms with van der Waals surface area (Å²) in [7, 11) is 0. The Morgan fingerprint density at radius 2 is 1.53 bits per heavy atom. The van der Waals surface area contributed by atoms with Crippen LogP contribution in [0.5, 0.6) is 5.75 Å². The van der Waals surface area contributed by atoms with Crippen LogP contribution in [0, 0.1) is 11.8 Å². The maximum absolute atomic E-state index is 15.4. The fourth-order valence-corrected chi connectivity index (χ4v) is 14.3. The molecular formula is C64H76O12. The van der Waals surface area contributed by atoms with Gasteiger partial charge in [0.1, 0.15) is 23.7 Å². The van der Waals surface area contributed by atoms with Gasteiger partial charge in [0.05, 0.1) is 25.4 Å². The molecule has 7 unspecified atom stereocenters. The van der Waals surface area contributed by atoms with Crippen molar-refractivity contribution in [3.8, 4) is 5.75 Å². The fourth-order valence-electron chi connectivity index (χ4n) is 14.3. The van der Waals surface area contributed by atoms with Gasteiger partial charge in [-0.1, -0.05) is 117 Å². The first-order valence-electron chi connectivity index (χ1n) is 28.2. The van der Waals surface area contributed by atoms with E-state index in [0.29, 0.717) is 28.7 Å². The summed E-state index contributed by atoms with van der Waals surface area (Å²) < 4.78 is 32.5. The van der Waals surface area contributed by atoms with Crippen LogP contribution in [-0.2, 0) is 42.2 Å². The van der Waals surface area contributed by atoms with Crippen molar-refractivity contribution in [2.24, 2.45) is 11.8 Å². The molecule has 2 bridgehead atoms. The van der Waals surface area contributed by atoms with E-state index in [1.807, 2.05) is 6.92 Å². The third-order valence-corrected chi connectivity index (χ3v) is 18.5. The molecule has 3 aliphatic carbocycles. The lowest BCUT2D eigenvalue weighted by atomic mass is 9.64. The average molecular weight is 1040 g/mol. The first-order chi connectivity index (χ1) is 37.0. The molecule has 4 heterocycles. The van der Waals surface area contributed by atoms with Gasteiger partial charge in [-0.25, -0.2) is 9.59 Å². The molecule has 6 aliphatic rings. The molecule has 3 fully saturated rings. The molecule has 0 spiro atoms. The van der Waals surface area contributed by atoms with Crippen LogP contribution < -0.4 is 10.4 Å². The Balaban J connectivity index is 1.10. The summed E-state index contributed by atoms with van der Waals surface area (Å²) in [6.45, 7) is 1.67. The van der Waals surface area contributed by atoms with Gasteiger partial charge in [-0.05, 0) is 147 Å². The molecule has 4 aromatic carbocycles. The van der Waals surface area contributed by atoms with Crippen molar-refractivity contribution in [1.29, 1.82) is 0 Å². The number of rotatable bonds is 12. The molecule has 7 atom stereocenters. The number of ether oxygens (including phenoxy) is 4. The molecule has 0 saturated heterocycles. The number of esters is 2. The van der Waals surface area contributed by atoms with Crippen LogP contribution >= 0.6 is 0 Å². The number of aliphatic hydroxyl groups excluding tert-OH is 4. The summed E-state index contributed by atoms with van der Waals surface area (Å²) in [6, 6.07) is 32.3. The third kappa shape index (κ3) is 10.6. The second-order valence-corrected chi connectivity index (χ2v) is 22.7. The van der Waals surface area contributed by atoms with Gasteiger partial charge < -0.3 is 43.8 Å². The van der Waals surface area contributed by atoms with Gasteiger partial charge in [0, 0.05) is 46.8 Å². The quantitative estimate of drug-likeness (QED) is 0.0402. The zero-order valence-electron chi connectivity index (χ0n) is 44.3. The van der Waals surface area contributed by atoms with Crippen LogP contribution in [0.4, 0.5) is 0 Å². The molecule has 5 aromatic rings. The highest BCUT2D eigenvalue weighted by atomic mass is 16.6. The number of hydrogen-bond acceptors (Lipinski definition) is 12. The molecule has 11 rings (SSSR count). The van der Waals surface area contributed by atoms with E-state index in [4.69, 9.17) is 23.4 Å². The van der Waals surface area contributed by atoms with E-state index in [0.717, 1.165) is 75.3 Å². The Hall–Kier alpha value is -5.63. The van der Waals surface area contributed by atoms with E-state index >= 15 is 9.59 Å². The van der Waals surface area contributed by atoms with E-state index in [-0.39, 0.29) is 90.4 Å². The number of hydrogen-bond donors (Lipinski definition) is 4. The molecular weight excluding hydrogens is 961 g/mol. The molecule has 0 radical (unpaired) electrons. The van der Waals surface area contributed by atoms with Crippen molar-refractivity contribution in [2.75, 3.05) is 26.6 Å². The Bertz CT molecular complexity index is 2930. The van der Waals surface area contributed by atoms with E-state index in [2.05, 4.69) is 78.9 Å². The average Bonchev–Trinajstić information content (AvgIpc) is 3.55. The van der Waals surface area contributed by atoms with E-state index in [1.165, 1.54) is 36.0 Å². The van der Waals surface area contributed by atoms with Crippen molar-refractivity contribution in [2.45, 2.75) is 171 Å². The minimum absolute atomic E-state index is 0.0173. The monoisotopic (exact) mass is 1040 g/mol. The predicted molar refractivity (Wildman–Crippen MR) is 289 cm³/mol. The molecule has 3 aliphatic heterocycles. The standard InChI is InChI=1S/C64H76O12/c1-40(36-66)50-25-21-41-19-22-42(23-20-41)51-26-24-44(43-13-12-18-49(34-43)64(30-10-5-11-31-64)48-16-8-4-9-17-48)33-46(51)35-55(69)73-59-57-54(76-63(2,60(59)75-61(50)70)47-14-6-3-7-15-47)28-27-52-53(37-67)56(62(71)74-58(52)57)45(29-32-65)38-72-39-68/h4,8-9,12-13,16-20,22-23,27-28,34,44-47,51,59-60,65-68H,3,5-7,10-11,14-15,21,24-26,29-33,35-39H2,1-2H3. The predicted octanol–water partition coefficient (Wildman–Crippen LogP) is 11.2. The van der Waals surface area contributed by atoms with Crippen LogP contribution in [0.1, 0.15) is 185 Å². The van der Waals surface area contributed by atoms with Crippen molar-refractivity contribution in [3.63, 3.8) is 0 Å². The lowest BCUT2D eigenvalue weighted by Gasteiger charge is -2.50. The summed E-state index contributed by atoms with van der Waals surface area (Å²) in [5.41, 5.74) is 5.45. The largest absolute Gasteiger partial charge is 0.483 e. The van der Waals surface area contributed by atoms with Crippen molar-refractivity contribution >= 4 is 22.9 Å². The minimum atomic E-state index is -1.33. The Kier molecular flexibility index (Phi) is 16.6. The lowest BCUT2D eigenvalue weighted by molar-refractivity contribution is -0.201. The van der Waals surface area contributed by atoms with Gasteiger partial charge in [0.25, 0.3) is 0 Å². The smallest absolute Gasteiger partial charge is 0.340 e. The highest BCUT2D eigenvalue weighted by Gasteiger charge is 2.57. The topological polar surface area (TPSA) is 182 Å². The van der Waals surface area contributed by atoms with Gasteiger partial charge in [-0.2, -0.15) is 0 Å². The molecule has 1 aromatic heterocycles. The zero-order chi connectivity index (χ0) is 53.0. The SMILES string of the molecule is CC(CO)=C1CCc2ccc(cc2)C2CCC(c3cccc(C4(c5ccccc5)CCCCC4)c3)CC2CC(=O)OC2c3c(ccc4c(CO)c(C(CCO)COCO)c(=O)oc34)OC(C)(C3CCCCC3)C2OC1=O. The summed E-state index contributed by atoms with van der Waals surface area (Å²) in [5, 5.41) is 41.6. The number of benzene rings is 4. The molecule has 4 N–H and O–H groups in total. The van der Waals surface area contributed by atoms with Crippen LogP contribution in [0.3, 0.4) is 0 Å². The zero-order valence-corrected chi connectivity index (χ0v) is 44.3. The Morgan fingerprint density at radius 3 is 2.25 bits per heavy atom. The van der Waals surface area contributed by atoms with Crippen LogP contribution in [-0.4, -0.2) is 70.7 Å². The number of aryl methyl sites for hydroxylation is 1. The van der Waals surface area contributed by atoms with E-state index < -0.39 is 54.7 Å². The van der Waals surface area contributed by atoms with Gasteiger partial charge in [-0.3, -0.25) is 4.79 Å². The lowest BCUT2D eigenvalue weighted by Crippen LogP contribution is -2.58. The number of fused-ring (bicyclic) bond motifs is 11. The molecule has 0 amide bonds. The summed E-state index contributed by atoms with van der Waals surface area (Å²) in [5.74, 6) is -1.61. The number of carbonyl (C=O) groups excluding carboxylic acids is 2. The van der Waals surface area contributed by atoms with Crippen molar-refractivity contribution in [1.82, 2.24) is 0 Å². The molecule has 404 valence electrons. The Labute approximate surface area is 446 Å². The van der Waals surface area contributed by atoms with Crippen LogP contribution in [0.2, 0.25) is 0 Å². The Morgan fingerprint density at radius 1 is 0.776 bits per heavy atom.